The highest BCUT2D eigenvalue weighted by Crippen LogP contribution is 2.17. The van der Waals surface area contributed by atoms with Crippen LogP contribution in [0.1, 0.15) is 12.2 Å². The molecule has 1 aliphatic rings. The second-order valence-electron chi connectivity index (χ2n) is 5.31. The number of aromatic nitrogens is 2. The van der Waals surface area contributed by atoms with Crippen molar-refractivity contribution in [2.24, 2.45) is 0 Å². The van der Waals surface area contributed by atoms with Crippen molar-refractivity contribution >= 4 is 22.6 Å². The van der Waals surface area contributed by atoms with Gasteiger partial charge in [-0.3, -0.25) is 9.69 Å². The van der Waals surface area contributed by atoms with Crippen molar-refractivity contribution in [1.82, 2.24) is 14.9 Å². The Kier molecular flexibility index (Phi) is 4.17. The minimum Gasteiger partial charge on any atom is -0.379 e. The number of hydrogen-bond donors (Lipinski definition) is 2. The van der Waals surface area contributed by atoms with Crippen LogP contribution < -0.4 is 5.32 Å². The van der Waals surface area contributed by atoms with Crippen molar-refractivity contribution in [3.05, 3.63) is 24.0 Å². The summed E-state index contributed by atoms with van der Waals surface area (Å²) in [5, 5.41) is 2.94. The van der Waals surface area contributed by atoms with Gasteiger partial charge in [0.05, 0.1) is 24.2 Å². The van der Waals surface area contributed by atoms with Crippen LogP contribution in [-0.4, -0.2) is 53.6 Å². The van der Waals surface area contributed by atoms with Gasteiger partial charge in [0.2, 0.25) is 5.91 Å². The Morgan fingerprint density at radius 1 is 1.43 bits per heavy atom. The van der Waals surface area contributed by atoms with Gasteiger partial charge < -0.3 is 15.0 Å². The number of morpholine rings is 1. The summed E-state index contributed by atoms with van der Waals surface area (Å²) in [7, 11) is 0. The maximum Gasteiger partial charge on any atom is 0.225 e. The molecule has 6 heteroatoms. The third kappa shape index (κ3) is 3.59. The lowest BCUT2D eigenvalue weighted by Crippen LogP contribution is -2.38. The summed E-state index contributed by atoms with van der Waals surface area (Å²) in [4.78, 5) is 21.8. The maximum absolute atomic E-state index is 12.0. The van der Waals surface area contributed by atoms with Crippen LogP contribution in [0.25, 0.3) is 11.0 Å². The topological polar surface area (TPSA) is 70.2 Å². The summed E-state index contributed by atoms with van der Waals surface area (Å²) in [6.45, 7) is 6.04. The number of aryl methyl sites for hydroxylation is 1. The smallest absolute Gasteiger partial charge is 0.225 e. The number of fused-ring (bicyclic) bond motifs is 1. The quantitative estimate of drug-likeness (QED) is 0.895. The molecule has 0 unspecified atom stereocenters. The zero-order valence-corrected chi connectivity index (χ0v) is 12.2. The molecule has 0 spiro atoms. The average molecular weight is 288 g/mol. The number of ether oxygens (including phenoxy) is 1. The van der Waals surface area contributed by atoms with Crippen LogP contribution in [0, 0.1) is 6.92 Å². The van der Waals surface area contributed by atoms with Gasteiger partial charge in [-0.25, -0.2) is 4.98 Å². The molecule has 0 radical (unpaired) electrons. The predicted octanol–water partition coefficient (Wildman–Crippen LogP) is 1.53. The number of imidazole rings is 1. The van der Waals surface area contributed by atoms with Crippen molar-refractivity contribution in [2.75, 3.05) is 38.2 Å². The molecule has 0 atom stereocenters. The van der Waals surface area contributed by atoms with E-state index in [1.54, 1.807) is 0 Å². The van der Waals surface area contributed by atoms with Gasteiger partial charge in [0.25, 0.3) is 0 Å². The molecule has 0 aliphatic carbocycles. The Morgan fingerprint density at radius 2 is 2.24 bits per heavy atom. The van der Waals surface area contributed by atoms with Crippen molar-refractivity contribution in [2.45, 2.75) is 13.3 Å². The number of nitrogens with one attached hydrogen (secondary N) is 2. The molecule has 1 aromatic carbocycles. The van der Waals surface area contributed by atoms with E-state index in [4.69, 9.17) is 4.74 Å². The maximum atomic E-state index is 12.0. The van der Waals surface area contributed by atoms with Crippen LogP contribution in [0.5, 0.6) is 0 Å². The van der Waals surface area contributed by atoms with Gasteiger partial charge in [-0.2, -0.15) is 0 Å². The van der Waals surface area contributed by atoms with Crippen LogP contribution in [-0.2, 0) is 9.53 Å². The van der Waals surface area contributed by atoms with Crippen LogP contribution in [0.4, 0.5) is 5.69 Å². The minimum atomic E-state index is 0.0390. The summed E-state index contributed by atoms with van der Waals surface area (Å²) >= 11 is 0. The first kappa shape index (κ1) is 14.0. The van der Waals surface area contributed by atoms with Gasteiger partial charge in [0.15, 0.2) is 0 Å². The molecule has 1 aliphatic heterocycles. The fourth-order valence-corrected chi connectivity index (χ4v) is 2.52. The Labute approximate surface area is 123 Å². The number of nitrogens with zero attached hydrogens (tertiary/aromatic N) is 2. The van der Waals surface area contributed by atoms with Crippen LogP contribution in [0.3, 0.4) is 0 Å². The van der Waals surface area contributed by atoms with E-state index in [9.17, 15) is 4.79 Å². The first-order valence-corrected chi connectivity index (χ1v) is 7.27. The van der Waals surface area contributed by atoms with Gasteiger partial charge in [0.1, 0.15) is 5.82 Å². The summed E-state index contributed by atoms with van der Waals surface area (Å²) in [6.07, 6.45) is 0.500. The molecule has 2 N–H and O–H groups in total. The summed E-state index contributed by atoms with van der Waals surface area (Å²) in [5.41, 5.74) is 2.66. The number of rotatable bonds is 4. The Hall–Kier alpha value is -1.92. The largest absolute Gasteiger partial charge is 0.379 e. The molecule has 1 aromatic heterocycles. The number of carbonyl (C=O) groups is 1. The summed E-state index contributed by atoms with van der Waals surface area (Å²) in [5.74, 6) is 0.915. The third-order valence-electron chi connectivity index (χ3n) is 3.64. The molecule has 21 heavy (non-hydrogen) atoms. The third-order valence-corrected chi connectivity index (χ3v) is 3.64. The van der Waals surface area contributed by atoms with Gasteiger partial charge in [-0.1, -0.05) is 0 Å². The molecule has 3 rings (SSSR count). The molecule has 112 valence electrons. The Morgan fingerprint density at radius 3 is 3.05 bits per heavy atom. The van der Waals surface area contributed by atoms with E-state index >= 15 is 0 Å². The number of aromatic amines is 1. The highest BCUT2D eigenvalue weighted by atomic mass is 16.5. The van der Waals surface area contributed by atoms with E-state index in [-0.39, 0.29) is 5.91 Å². The molecule has 0 saturated carbocycles. The second kappa shape index (κ2) is 6.24. The Bertz CT molecular complexity index is 632. The van der Waals surface area contributed by atoms with E-state index in [2.05, 4.69) is 20.2 Å². The molecule has 1 fully saturated rings. The number of H-pyrrole nitrogens is 1. The minimum absolute atomic E-state index is 0.0390. The van der Waals surface area contributed by atoms with Gasteiger partial charge >= 0.3 is 0 Å². The zero-order valence-electron chi connectivity index (χ0n) is 12.2. The lowest BCUT2D eigenvalue weighted by molar-refractivity contribution is -0.116. The van der Waals surface area contributed by atoms with E-state index in [0.717, 1.165) is 55.4 Å². The average Bonchev–Trinajstić information content (AvgIpc) is 2.85. The van der Waals surface area contributed by atoms with Gasteiger partial charge in [-0.15, -0.1) is 0 Å². The van der Waals surface area contributed by atoms with Crippen molar-refractivity contribution in [1.29, 1.82) is 0 Å². The summed E-state index contributed by atoms with van der Waals surface area (Å²) in [6, 6.07) is 5.72. The van der Waals surface area contributed by atoms with Gasteiger partial charge in [-0.05, 0) is 25.1 Å². The predicted molar refractivity (Wildman–Crippen MR) is 81.3 cm³/mol. The number of amides is 1. The molecule has 0 bridgehead atoms. The lowest BCUT2D eigenvalue weighted by Gasteiger charge is -2.26. The normalized spacial score (nSPS) is 16.2. The van der Waals surface area contributed by atoms with E-state index in [1.807, 2.05) is 25.1 Å². The first-order valence-electron chi connectivity index (χ1n) is 7.27. The van der Waals surface area contributed by atoms with Crippen molar-refractivity contribution < 1.29 is 9.53 Å². The number of carbonyl (C=O) groups excluding carboxylic acids is 1. The molecule has 1 amide bonds. The molecule has 6 nitrogen and oxygen atoms in total. The van der Waals surface area contributed by atoms with Crippen LogP contribution >= 0.6 is 0 Å². The Balaban J connectivity index is 1.55. The number of benzene rings is 1. The highest BCUT2D eigenvalue weighted by molar-refractivity contribution is 5.93. The number of anilines is 1. The zero-order chi connectivity index (χ0) is 14.7. The van der Waals surface area contributed by atoms with Crippen molar-refractivity contribution in [3.63, 3.8) is 0 Å². The van der Waals surface area contributed by atoms with E-state index in [0.29, 0.717) is 6.42 Å². The molecule has 2 aromatic rings. The van der Waals surface area contributed by atoms with Crippen LogP contribution in [0.2, 0.25) is 0 Å². The van der Waals surface area contributed by atoms with Gasteiger partial charge in [0, 0.05) is 31.7 Å². The monoisotopic (exact) mass is 288 g/mol. The molecule has 2 heterocycles. The summed E-state index contributed by atoms with van der Waals surface area (Å²) < 4.78 is 5.29. The lowest BCUT2D eigenvalue weighted by atomic mass is 10.2. The van der Waals surface area contributed by atoms with E-state index in [1.165, 1.54) is 0 Å². The van der Waals surface area contributed by atoms with E-state index < -0.39 is 0 Å². The van der Waals surface area contributed by atoms with Crippen molar-refractivity contribution in [3.8, 4) is 0 Å². The standard InChI is InChI=1S/C15H20N4O2/c1-11-16-13-3-2-12(10-14(13)17-11)18-15(20)4-5-19-6-8-21-9-7-19/h2-3,10H,4-9H2,1H3,(H,16,17)(H,18,20). The number of hydrogen-bond acceptors (Lipinski definition) is 4. The first-order chi connectivity index (χ1) is 10.2. The molecular formula is C15H20N4O2. The fraction of sp³-hybridized carbons (Fsp3) is 0.467. The fourth-order valence-electron chi connectivity index (χ4n) is 2.52. The van der Waals surface area contributed by atoms with Crippen LogP contribution in [0.15, 0.2) is 18.2 Å². The SMILES string of the molecule is Cc1nc2ccc(NC(=O)CCN3CCOCC3)cc2[nH]1. The second-order valence-corrected chi connectivity index (χ2v) is 5.31. The highest BCUT2D eigenvalue weighted by Gasteiger charge is 2.12. The molecule has 1 saturated heterocycles. The molecular weight excluding hydrogens is 268 g/mol.